The van der Waals surface area contributed by atoms with Crippen molar-refractivity contribution in [1.82, 2.24) is 5.32 Å². The number of amides is 1. The molecule has 2 N–H and O–H groups in total. The van der Waals surface area contributed by atoms with Gasteiger partial charge in [-0.1, -0.05) is 12.1 Å². The van der Waals surface area contributed by atoms with Gasteiger partial charge in [-0.15, -0.1) is 0 Å². The number of rotatable bonds is 3. The van der Waals surface area contributed by atoms with Crippen LogP contribution in [0.2, 0.25) is 0 Å². The fraction of sp³-hybridized carbons (Fsp3) is 0.364. The molecule has 1 aromatic carbocycles. The molecule has 0 saturated carbocycles. The van der Waals surface area contributed by atoms with Crippen LogP contribution in [-0.2, 0) is 0 Å². The summed E-state index contributed by atoms with van der Waals surface area (Å²) in [6.07, 6.45) is -0.517. The van der Waals surface area contributed by atoms with Crippen LogP contribution in [0.15, 0.2) is 18.2 Å². The number of hydrogen-bond acceptors (Lipinski definition) is 2. The van der Waals surface area contributed by atoms with E-state index >= 15 is 0 Å². The summed E-state index contributed by atoms with van der Waals surface area (Å²) in [6.45, 7) is 3.89. The van der Waals surface area contributed by atoms with Gasteiger partial charge >= 0.3 is 0 Å². The Balaban J connectivity index is 2.78. The molecule has 0 spiro atoms. The summed E-state index contributed by atoms with van der Waals surface area (Å²) in [7, 11) is 0. The van der Waals surface area contributed by atoms with Gasteiger partial charge in [-0.3, -0.25) is 4.79 Å². The Bertz CT molecular complexity index is 364. The fourth-order valence-electron chi connectivity index (χ4n) is 1.16. The lowest BCUT2D eigenvalue weighted by molar-refractivity contribution is 0.0923. The molecular weight excluding hydrogens is 305 g/mol. The zero-order valence-electron chi connectivity index (χ0n) is 8.75. The highest BCUT2D eigenvalue weighted by Crippen LogP contribution is 2.16. The van der Waals surface area contributed by atoms with Gasteiger partial charge in [0.25, 0.3) is 5.91 Å². The van der Waals surface area contributed by atoms with Gasteiger partial charge in [0.1, 0.15) is 0 Å². The van der Waals surface area contributed by atoms with E-state index in [2.05, 4.69) is 27.9 Å². The van der Waals surface area contributed by atoms with Gasteiger partial charge in [-0.25, -0.2) is 0 Å². The summed E-state index contributed by atoms with van der Waals surface area (Å²) in [5, 5.41) is 11.7. The minimum atomic E-state index is -0.517. The largest absolute Gasteiger partial charge is 0.392 e. The molecule has 0 aliphatic carbocycles. The van der Waals surface area contributed by atoms with Crippen LogP contribution in [0.1, 0.15) is 22.8 Å². The third-order valence-corrected chi connectivity index (χ3v) is 3.43. The summed E-state index contributed by atoms with van der Waals surface area (Å²) in [4.78, 5) is 11.7. The highest BCUT2D eigenvalue weighted by Gasteiger charge is 2.10. The van der Waals surface area contributed by atoms with Crippen molar-refractivity contribution >= 4 is 28.5 Å². The lowest BCUT2D eigenvalue weighted by atomic mass is 10.1. The zero-order chi connectivity index (χ0) is 11.4. The molecule has 82 valence electrons. The van der Waals surface area contributed by atoms with E-state index in [9.17, 15) is 4.79 Å². The van der Waals surface area contributed by atoms with Crippen molar-refractivity contribution in [3.05, 3.63) is 32.9 Å². The maximum absolute atomic E-state index is 11.7. The van der Waals surface area contributed by atoms with Crippen molar-refractivity contribution in [3.63, 3.8) is 0 Å². The third kappa shape index (κ3) is 3.46. The molecule has 0 fully saturated rings. The van der Waals surface area contributed by atoms with Gasteiger partial charge in [-0.2, -0.15) is 0 Å². The average molecular weight is 319 g/mol. The summed E-state index contributed by atoms with van der Waals surface area (Å²) in [5.41, 5.74) is 1.75. The maximum Gasteiger partial charge on any atom is 0.252 e. The highest BCUT2D eigenvalue weighted by molar-refractivity contribution is 14.1. The minimum Gasteiger partial charge on any atom is -0.392 e. The molecule has 0 aromatic heterocycles. The van der Waals surface area contributed by atoms with E-state index in [1.54, 1.807) is 13.0 Å². The molecule has 1 rings (SSSR count). The molecule has 1 amide bonds. The monoisotopic (exact) mass is 319 g/mol. The van der Waals surface area contributed by atoms with Crippen molar-refractivity contribution < 1.29 is 9.90 Å². The number of carbonyl (C=O) groups excluding carboxylic acids is 1. The number of aryl methyl sites for hydroxylation is 1. The first-order valence-corrected chi connectivity index (χ1v) is 5.81. The first kappa shape index (κ1) is 12.4. The number of aliphatic hydroxyl groups is 1. The van der Waals surface area contributed by atoms with Crippen molar-refractivity contribution in [3.8, 4) is 0 Å². The molecule has 0 radical (unpaired) electrons. The Morgan fingerprint density at radius 3 is 2.87 bits per heavy atom. The molecule has 0 aliphatic heterocycles. The number of nitrogens with one attached hydrogen (secondary N) is 1. The molecule has 0 heterocycles. The molecule has 0 aliphatic rings. The molecule has 3 nitrogen and oxygen atoms in total. The maximum atomic E-state index is 11.7. The number of aliphatic hydroxyl groups excluding tert-OH is 1. The lowest BCUT2D eigenvalue weighted by Gasteiger charge is -2.09. The molecule has 0 saturated heterocycles. The molecule has 0 bridgehead atoms. The first-order valence-electron chi connectivity index (χ1n) is 4.73. The van der Waals surface area contributed by atoms with Crippen molar-refractivity contribution in [2.75, 3.05) is 6.54 Å². The number of benzene rings is 1. The third-order valence-electron chi connectivity index (χ3n) is 1.99. The lowest BCUT2D eigenvalue weighted by Crippen LogP contribution is -2.31. The van der Waals surface area contributed by atoms with E-state index < -0.39 is 6.10 Å². The minimum absolute atomic E-state index is 0.135. The Labute approximate surface area is 103 Å². The average Bonchev–Trinajstić information content (AvgIpc) is 2.18. The summed E-state index contributed by atoms with van der Waals surface area (Å²) < 4.78 is 0.957. The quantitative estimate of drug-likeness (QED) is 0.834. The van der Waals surface area contributed by atoms with Crippen LogP contribution >= 0.6 is 22.6 Å². The predicted octanol–water partition coefficient (Wildman–Crippen LogP) is 1.71. The second-order valence-corrected chi connectivity index (χ2v) is 4.57. The second-order valence-electron chi connectivity index (χ2n) is 3.50. The number of halogens is 1. The van der Waals surface area contributed by atoms with E-state index in [1.807, 2.05) is 19.1 Å². The number of hydrogen-bond donors (Lipinski definition) is 2. The molecule has 1 aromatic rings. The van der Waals surface area contributed by atoms with E-state index in [-0.39, 0.29) is 12.5 Å². The number of carbonyl (C=O) groups is 1. The Hall–Kier alpha value is -0.620. The normalized spacial score (nSPS) is 12.3. The van der Waals surface area contributed by atoms with Gasteiger partial charge < -0.3 is 10.4 Å². The van der Waals surface area contributed by atoms with Crippen LogP contribution in [0.4, 0.5) is 0 Å². The predicted molar refractivity (Wildman–Crippen MR) is 67.9 cm³/mol. The van der Waals surface area contributed by atoms with Crippen LogP contribution in [0.25, 0.3) is 0 Å². The van der Waals surface area contributed by atoms with E-state index in [0.29, 0.717) is 5.56 Å². The standard InChI is InChI=1S/C11H14INO2/c1-7-4-3-5-9(10(7)12)11(15)13-6-8(2)14/h3-5,8,14H,6H2,1-2H3,(H,13,15)/t8-/m0/s1. The van der Waals surface area contributed by atoms with Crippen LogP contribution in [0.3, 0.4) is 0 Å². The second kappa shape index (κ2) is 5.46. The Kier molecular flexibility index (Phi) is 4.53. The smallest absolute Gasteiger partial charge is 0.252 e. The molecular formula is C11H14INO2. The fourth-order valence-corrected chi connectivity index (χ4v) is 1.76. The Morgan fingerprint density at radius 2 is 2.27 bits per heavy atom. The van der Waals surface area contributed by atoms with Crippen molar-refractivity contribution in [1.29, 1.82) is 0 Å². The van der Waals surface area contributed by atoms with Crippen LogP contribution < -0.4 is 5.32 Å². The summed E-state index contributed by atoms with van der Waals surface area (Å²) in [5.74, 6) is -0.135. The summed E-state index contributed by atoms with van der Waals surface area (Å²) >= 11 is 2.15. The van der Waals surface area contributed by atoms with Crippen LogP contribution in [-0.4, -0.2) is 23.7 Å². The Morgan fingerprint density at radius 1 is 1.60 bits per heavy atom. The first-order chi connectivity index (χ1) is 7.02. The molecule has 1 atom stereocenters. The van der Waals surface area contributed by atoms with Gasteiger partial charge in [0.05, 0.1) is 11.7 Å². The van der Waals surface area contributed by atoms with Crippen LogP contribution in [0.5, 0.6) is 0 Å². The van der Waals surface area contributed by atoms with E-state index in [0.717, 1.165) is 9.13 Å². The molecule has 4 heteroatoms. The molecule has 15 heavy (non-hydrogen) atoms. The van der Waals surface area contributed by atoms with Crippen molar-refractivity contribution in [2.45, 2.75) is 20.0 Å². The van der Waals surface area contributed by atoms with Gasteiger partial charge in [0.2, 0.25) is 0 Å². The topological polar surface area (TPSA) is 49.3 Å². The van der Waals surface area contributed by atoms with Gasteiger partial charge in [-0.05, 0) is 48.1 Å². The van der Waals surface area contributed by atoms with E-state index in [1.165, 1.54) is 0 Å². The van der Waals surface area contributed by atoms with E-state index in [4.69, 9.17) is 5.11 Å². The zero-order valence-corrected chi connectivity index (χ0v) is 10.9. The van der Waals surface area contributed by atoms with Crippen LogP contribution in [0, 0.1) is 10.5 Å². The van der Waals surface area contributed by atoms with Crippen molar-refractivity contribution in [2.24, 2.45) is 0 Å². The van der Waals surface area contributed by atoms with Gasteiger partial charge in [0.15, 0.2) is 0 Å². The molecule has 0 unspecified atom stereocenters. The summed E-state index contributed by atoms with van der Waals surface area (Å²) in [6, 6.07) is 5.61. The SMILES string of the molecule is Cc1cccc(C(=O)NC[C@H](C)O)c1I. The highest BCUT2D eigenvalue weighted by atomic mass is 127. The van der Waals surface area contributed by atoms with Gasteiger partial charge in [0, 0.05) is 10.1 Å².